The Balaban J connectivity index is 2.23. The molecule has 0 aliphatic heterocycles. The minimum atomic E-state index is -0.213. The Labute approximate surface area is 140 Å². The molecule has 3 heteroatoms. The Morgan fingerprint density at radius 2 is 1.41 bits per heavy atom. The number of hydrogen-bond donors (Lipinski definition) is 0. The first-order valence-corrected chi connectivity index (χ1v) is 8.31. The van der Waals surface area contributed by atoms with Gasteiger partial charge in [0, 0.05) is 0 Å². The van der Waals surface area contributed by atoms with E-state index in [1.807, 2.05) is 36.4 Å². The summed E-state index contributed by atoms with van der Waals surface area (Å²) in [5.74, 6) is 1.09. The van der Waals surface area contributed by atoms with E-state index in [2.05, 4.69) is 41.9 Å². The lowest BCUT2D eigenvalue weighted by molar-refractivity contribution is -0.109. The van der Waals surface area contributed by atoms with Gasteiger partial charge >= 0.3 is 0 Å². The third-order valence-corrected chi connectivity index (χ3v) is 4.98. The van der Waals surface area contributed by atoms with Crippen molar-refractivity contribution in [1.82, 2.24) is 0 Å². The fourth-order valence-corrected chi connectivity index (χ4v) is 3.15. The van der Waals surface area contributed by atoms with Crippen molar-refractivity contribution in [2.75, 3.05) is 7.11 Å². The number of carbonyl (C=O) groups excluding carboxylic acids is 1. The third-order valence-electron chi connectivity index (χ3n) is 3.88. The fourth-order valence-electron chi connectivity index (χ4n) is 2.41. The van der Waals surface area contributed by atoms with Crippen molar-refractivity contribution in [2.24, 2.45) is 0 Å². The second-order valence-electron chi connectivity index (χ2n) is 5.66. The van der Waals surface area contributed by atoms with Crippen molar-refractivity contribution < 1.29 is 9.53 Å². The number of alkyl halides is 1. The van der Waals surface area contributed by atoms with Gasteiger partial charge in [-0.05, 0) is 34.7 Å². The van der Waals surface area contributed by atoms with Crippen LogP contribution in [0.15, 0.2) is 48.5 Å². The molecule has 0 fully saturated rings. The molecule has 0 amide bonds. The second kappa shape index (κ2) is 7.59. The topological polar surface area (TPSA) is 26.3 Å². The number of carbonyl (C=O) groups is 1. The quantitative estimate of drug-likeness (QED) is 0.520. The van der Waals surface area contributed by atoms with Crippen LogP contribution in [0.5, 0.6) is 5.75 Å². The highest BCUT2D eigenvalue weighted by atomic mass is 79.9. The van der Waals surface area contributed by atoms with Gasteiger partial charge in [0.2, 0.25) is 0 Å². The Morgan fingerprint density at radius 3 is 1.86 bits per heavy atom. The van der Waals surface area contributed by atoms with Crippen molar-refractivity contribution in [3.63, 3.8) is 0 Å². The van der Waals surface area contributed by atoms with Crippen LogP contribution >= 0.6 is 15.9 Å². The van der Waals surface area contributed by atoms with Crippen molar-refractivity contribution in [1.29, 1.82) is 0 Å². The van der Waals surface area contributed by atoms with Crippen LogP contribution in [0.1, 0.15) is 47.2 Å². The highest BCUT2D eigenvalue weighted by Crippen LogP contribution is 2.37. The van der Waals surface area contributed by atoms with Gasteiger partial charge in [0.1, 0.15) is 12.0 Å². The van der Waals surface area contributed by atoms with Gasteiger partial charge < -0.3 is 9.53 Å². The number of ether oxygens (including phenoxy) is 1. The van der Waals surface area contributed by atoms with E-state index in [0.29, 0.717) is 5.92 Å². The Kier molecular flexibility index (Phi) is 5.78. The summed E-state index contributed by atoms with van der Waals surface area (Å²) in [4.78, 5) is 11.6. The minimum Gasteiger partial charge on any atom is -0.497 e. The van der Waals surface area contributed by atoms with Crippen LogP contribution in [-0.2, 0) is 4.79 Å². The number of methoxy groups -OCH3 is 1. The number of hydrogen-bond acceptors (Lipinski definition) is 2. The summed E-state index contributed by atoms with van der Waals surface area (Å²) in [5, 5.41) is 0. The summed E-state index contributed by atoms with van der Waals surface area (Å²) in [6.45, 7) is 4.33. The molecular weight excluding hydrogens is 340 g/mol. The van der Waals surface area contributed by atoms with E-state index in [1.165, 1.54) is 5.56 Å². The van der Waals surface area contributed by atoms with Crippen molar-refractivity contribution in [2.45, 2.75) is 30.5 Å². The third kappa shape index (κ3) is 3.77. The highest BCUT2D eigenvalue weighted by molar-refractivity contribution is 9.09. The van der Waals surface area contributed by atoms with Crippen LogP contribution < -0.4 is 4.74 Å². The maximum atomic E-state index is 11.6. The summed E-state index contributed by atoms with van der Waals surface area (Å²) in [6, 6.07) is 16.1. The highest BCUT2D eigenvalue weighted by Gasteiger charge is 2.22. The van der Waals surface area contributed by atoms with E-state index >= 15 is 0 Å². The van der Waals surface area contributed by atoms with Crippen LogP contribution in [0.3, 0.4) is 0 Å². The first-order chi connectivity index (χ1) is 10.6. The molecule has 0 aliphatic rings. The van der Waals surface area contributed by atoms with Gasteiger partial charge in [-0.25, -0.2) is 0 Å². The molecule has 2 atom stereocenters. The molecule has 116 valence electrons. The van der Waals surface area contributed by atoms with E-state index < -0.39 is 0 Å². The SMILES string of the molecule is COc1ccc(C(Br)C(C=O)c2ccc(C(C)C)cc2)cc1. The number of aldehydes is 1. The molecular formula is C19H21BrO2. The van der Waals surface area contributed by atoms with Gasteiger partial charge in [0.25, 0.3) is 0 Å². The molecule has 2 rings (SSSR count). The van der Waals surface area contributed by atoms with E-state index in [0.717, 1.165) is 23.2 Å². The molecule has 2 nitrogen and oxygen atoms in total. The fraction of sp³-hybridized carbons (Fsp3) is 0.316. The predicted octanol–water partition coefficient (Wildman–Crippen LogP) is 5.24. The van der Waals surface area contributed by atoms with Crippen LogP contribution in [0.4, 0.5) is 0 Å². The zero-order valence-corrected chi connectivity index (χ0v) is 14.7. The zero-order chi connectivity index (χ0) is 16.1. The van der Waals surface area contributed by atoms with Gasteiger partial charge in [-0.15, -0.1) is 0 Å². The van der Waals surface area contributed by atoms with Gasteiger partial charge in [-0.3, -0.25) is 0 Å². The summed E-state index contributed by atoms with van der Waals surface area (Å²) in [6.07, 6.45) is 1.01. The molecule has 0 bridgehead atoms. The molecule has 2 aromatic rings. The van der Waals surface area contributed by atoms with Crippen molar-refractivity contribution >= 4 is 22.2 Å². The average Bonchev–Trinajstić information content (AvgIpc) is 2.56. The maximum Gasteiger partial charge on any atom is 0.128 e. The first-order valence-electron chi connectivity index (χ1n) is 7.40. The smallest absolute Gasteiger partial charge is 0.128 e. The van der Waals surface area contributed by atoms with E-state index in [4.69, 9.17) is 4.74 Å². The average molecular weight is 361 g/mol. The summed E-state index contributed by atoms with van der Waals surface area (Å²) < 4.78 is 5.17. The lowest BCUT2D eigenvalue weighted by Gasteiger charge is -2.19. The van der Waals surface area contributed by atoms with E-state index in [-0.39, 0.29) is 10.7 Å². The molecule has 0 heterocycles. The van der Waals surface area contributed by atoms with E-state index in [9.17, 15) is 4.79 Å². The lowest BCUT2D eigenvalue weighted by Crippen LogP contribution is -2.08. The number of rotatable bonds is 6. The molecule has 0 radical (unpaired) electrons. The molecule has 0 spiro atoms. The largest absolute Gasteiger partial charge is 0.497 e. The van der Waals surface area contributed by atoms with Gasteiger partial charge in [0.15, 0.2) is 0 Å². The molecule has 2 aromatic carbocycles. The summed E-state index contributed by atoms with van der Waals surface area (Å²) in [5.41, 5.74) is 3.37. The molecule has 0 aromatic heterocycles. The standard InChI is InChI=1S/C19H21BrO2/c1-13(2)14-4-6-15(7-5-14)18(12-21)19(20)16-8-10-17(22-3)11-9-16/h4-13,18-19H,1-3H3. The van der Waals surface area contributed by atoms with Crippen molar-refractivity contribution in [3.8, 4) is 5.75 Å². The minimum absolute atomic E-state index is 0.0548. The lowest BCUT2D eigenvalue weighted by atomic mass is 9.91. The predicted molar refractivity (Wildman–Crippen MR) is 94.0 cm³/mol. The monoisotopic (exact) mass is 360 g/mol. The Morgan fingerprint density at radius 1 is 0.909 bits per heavy atom. The first kappa shape index (κ1) is 16.8. The van der Waals surface area contributed by atoms with Crippen LogP contribution in [0, 0.1) is 0 Å². The van der Waals surface area contributed by atoms with Gasteiger partial charge in [-0.1, -0.05) is 66.2 Å². The zero-order valence-electron chi connectivity index (χ0n) is 13.1. The number of benzene rings is 2. The molecule has 0 aliphatic carbocycles. The van der Waals surface area contributed by atoms with Crippen LogP contribution in [0.25, 0.3) is 0 Å². The maximum absolute atomic E-state index is 11.6. The molecule has 2 unspecified atom stereocenters. The normalized spacial score (nSPS) is 13.7. The number of halogens is 1. The molecule has 0 saturated heterocycles. The van der Waals surface area contributed by atoms with Crippen molar-refractivity contribution in [3.05, 3.63) is 65.2 Å². The molecule has 22 heavy (non-hydrogen) atoms. The Bertz CT molecular complexity index is 602. The molecule has 0 saturated carbocycles. The summed E-state index contributed by atoms with van der Waals surface area (Å²) in [7, 11) is 1.64. The summed E-state index contributed by atoms with van der Waals surface area (Å²) >= 11 is 3.67. The Hall–Kier alpha value is -1.61. The molecule has 0 N–H and O–H groups in total. The second-order valence-corrected chi connectivity index (χ2v) is 6.64. The van der Waals surface area contributed by atoms with E-state index in [1.54, 1.807) is 7.11 Å². The van der Waals surface area contributed by atoms with Crippen LogP contribution in [-0.4, -0.2) is 13.4 Å². The van der Waals surface area contributed by atoms with Gasteiger partial charge in [-0.2, -0.15) is 0 Å². The van der Waals surface area contributed by atoms with Crippen LogP contribution in [0.2, 0.25) is 0 Å². The van der Waals surface area contributed by atoms with Gasteiger partial charge in [0.05, 0.1) is 17.9 Å².